The first-order valence-electron chi connectivity index (χ1n) is 8.31. The molecular formula is C16H26N2O3. The first-order valence-corrected chi connectivity index (χ1v) is 8.31. The van der Waals surface area contributed by atoms with E-state index in [4.69, 9.17) is 4.74 Å². The maximum Gasteiger partial charge on any atom is 0.248 e. The molecule has 1 heterocycles. The molecule has 2 amide bonds. The minimum atomic E-state index is -0.632. The quantitative estimate of drug-likeness (QED) is 0.841. The van der Waals surface area contributed by atoms with Gasteiger partial charge in [-0.3, -0.25) is 9.59 Å². The average Bonchev–Trinajstić information content (AvgIpc) is 2.92. The van der Waals surface area contributed by atoms with Gasteiger partial charge in [0.1, 0.15) is 5.54 Å². The van der Waals surface area contributed by atoms with Gasteiger partial charge in [0.15, 0.2) is 0 Å². The summed E-state index contributed by atoms with van der Waals surface area (Å²) in [7, 11) is 1.73. The van der Waals surface area contributed by atoms with E-state index >= 15 is 0 Å². The molecule has 0 aromatic rings. The first-order chi connectivity index (χ1) is 10.2. The van der Waals surface area contributed by atoms with Crippen LogP contribution in [-0.2, 0) is 14.3 Å². The fraction of sp³-hybridized carbons (Fsp3) is 0.875. The molecular weight excluding hydrogens is 268 g/mol. The molecule has 1 N–H and O–H groups in total. The second-order valence-electron chi connectivity index (χ2n) is 6.71. The molecule has 3 rings (SSSR count). The van der Waals surface area contributed by atoms with Gasteiger partial charge < -0.3 is 15.0 Å². The summed E-state index contributed by atoms with van der Waals surface area (Å²) in [6, 6.07) is 0.147. The third-order valence-electron chi connectivity index (χ3n) is 5.46. The molecule has 0 bridgehead atoms. The van der Waals surface area contributed by atoms with Crippen LogP contribution in [0.3, 0.4) is 0 Å². The predicted octanol–water partition coefficient (Wildman–Crippen LogP) is 1.61. The number of nitrogens with one attached hydrogen (secondary N) is 1. The molecule has 0 aromatic heterocycles. The number of amides is 2. The molecule has 2 unspecified atom stereocenters. The molecule has 1 saturated heterocycles. The minimum absolute atomic E-state index is 0.0275. The lowest BCUT2D eigenvalue weighted by atomic mass is 9.80. The monoisotopic (exact) mass is 294 g/mol. The zero-order chi connectivity index (χ0) is 14.9. The molecule has 3 aliphatic rings. The summed E-state index contributed by atoms with van der Waals surface area (Å²) in [5.74, 6) is 0.168. The Kier molecular flexibility index (Phi) is 4.20. The maximum absolute atomic E-state index is 13.2. The van der Waals surface area contributed by atoms with E-state index in [9.17, 15) is 9.59 Å². The topological polar surface area (TPSA) is 58.6 Å². The van der Waals surface area contributed by atoms with E-state index < -0.39 is 5.54 Å². The van der Waals surface area contributed by atoms with Crippen molar-refractivity contribution in [1.82, 2.24) is 10.2 Å². The second kappa shape index (κ2) is 5.95. The van der Waals surface area contributed by atoms with Crippen LogP contribution in [0.4, 0.5) is 0 Å². The van der Waals surface area contributed by atoms with Crippen LogP contribution in [0.1, 0.15) is 57.8 Å². The molecule has 5 nitrogen and oxygen atoms in total. The van der Waals surface area contributed by atoms with Crippen molar-refractivity contribution >= 4 is 11.8 Å². The van der Waals surface area contributed by atoms with E-state index in [-0.39, 0.29) is 24.0 Å². The molecule has 0 radical (unpaired) electrons. The number of carbonyl (C=O) groups is 2. The van der Waals surface area contributed by atoms with Crippen LogP contribution < -0.4 is 5.32 Å². The highest BCUT2D eigenvalue weighted by molar-refractivity contribution is 5.93. The molecule has 0 aromatic carbocycles. The van der Waals surface area contributed by atoms with E-state index in [0.29, 0.717) is 13.0 Å². The molecule has 21 heavy (non-hydrogen) atoms. The number of hydrogen-bond acceptors (Lipinski definition) is 3. The lowest BCUT2D eigenvalue weighted by molar-refractivity contribution is -0.144. The Morgan fingerprint density at radius 2 is 1.90 bits per heavy atom. The molecule has 2 saturated carbocycles. The molecule has 118 valence electrons. The smallest absolute Gasteiger partial charge is 0.248 e. The van der Waals surface area contributed by atoms with E-state index in [2.05, 4.69) is 5.32 Å². The zero-order valence-corrected chi connectivity index (χ0v) is 12.9. The van der Waals surface area contributed by atoms with Crippen molar-refractivity contribution in [3.63, 3.8) is 0 Å². The predicted molar refractivity (Wildman–Crippen MR) is 78.7 cm³/mol. The molecule has 2 atom stereocenters. The third kappa shape index (κ3) is 2.68. The molecule has 1 aliphatic heterocycles. The summed E-state index contributed by atoms with van der Waals surface area (Å²) >= 11 is 0. The van der Waals surface area contributed by atoms with Crippen molar-refractivity contribution in [3.8, 4) is 0 Å². The van der Waals surface area contributed by atoms with Crippen LogP contribution >= 0.6 is 0 Å². The van der Waals surface area contributed by atoms with Crippen LogP contribution in [0, 0.1) is 0 Å². The van der Waals surface area contributed by atoms with Crippen LogP contribution in [0.25, 0.3) is 0 Å². The van der Waals surface area contributed by atoms with Crippen molar-refractivity contribution in [1.29, 1.82) is 0 Å². The van der Waals surface area contributed by atoms with Gasteiger partial charge in [0.05, 0.1) is 12.1 Å². The van der Waals surface area contributed by atoms with Crippen molar-refractivity contribution in [2.45, 2.75) is 75.5 Å². The van der Waals surface area contributed by atoms with Gasteiger partial charge in [0.2, 0.25) is 11.8 Å². The van der Waals surface area contributed by atoms with Crippen molar-refractivity contribution in [3.05, 3.63) is 0 Å². The molecule has 5 heteroatoms. The number of nitrogens with zero attached hydrogens (tertiary/aromatic N) is 1. The fourth-order valence-corrected chi connectivity index (χ4v) is 4.33. The summed E-state index contributed by atoms with van der Waals surface area (Å²) in [5, 5.41) is 3.06. The van der Waals surface area contributed by atoms with Crippen molar-refractivity contribution < 1.29 is 14.3 Å². The minimum Gasteiger partial charge on any atom is -0.379 e. The Bertz CT molecular complexity index is 418. The Hall–Kier alpha value is -1.10. The number of ether oxygens (including phenoxy) is 1. The average molecular weight is 294 g/mol. The second-order valence-corrected chi connectivity index (χ2v) is 6.71. The highest BCUT2D eigenvalue weighted by atomic mass is 16.5. The van der Waals surface area contributed by atoms with Gasteiger partial charge in [0.25, 0.3) is 0 Å². The van der Waals surface area contributed by atoms with Gasteiger partial charge >= 0.3 is 0 Å². The maximum atomic E-state index is 13.2. The Labute approximate surface area is 126 Å². The number of methoxy groups -OCH3 is 1. The normalized spacial score (nSPS) is 33.1. The summed E-state index contributed by atoms with van der Waals surface area (Å²) in [5.41, 5.74) is -0.632. The number of rotatable bonds is 2. The van der Waals surface area contributed by atoms with Crippen LogP contribution in [0.2, 0.25) is 0 Å². The summed E-state index contributed by atoms with van der Waals surface area (Å²) in [6.45, 7) is 0.539. The Balaban J connectivity index is 1.86. The summed E-state index contributed by atoms with van der Waals surface area (Å²) < 4.78 is 5.57. The number of carbonyl (C=O) groups excluding carboxylic acids is 2. The highest BCUT2D eigenvalue weighted by Crippen LogP contribution is 2.35. The zero-order valence-electron chi connectivity index (χ0n) is 12.9. The lowest BCUT2D eigenvalue weighted by Gasteiger charge is -2.41. The van der Waals surface area contributed by atoms with Gasteiger partial charge in [-0.15, -0.1) is 0 Å². The van der Waals surface area contributed by atoms with Gasteiger partial charge in [-0.05, 0) is 32.1 Å². The molecule has 3 fully saturated rings. The third-order valence-corrected chi connectivity index (χ3v) is 5.46. The van der Waals surface area contributed by atoms with E-state index in [1.807, 2.05) is 4.90 Å². The van der Waals surface area contributed by atoms with Gasteiger partial charge in [-0.25, -0.2) is 0 Å². The fourth-order valence-electron chi connectivity index (χ4n) is 4.33. The molecule has 1 spiro atoms. The summed E-state index contributed by atoms with van der Waals surface area (Å²) in [4.78, 5) is 27.2. The van der Waals surface area contributed by atoms with Crippen LogP contribution in [0.5, 0.6) is 0 Å². The summed E-state index contributed by atoms with van der Waals surface area (Å²) in [6.07, 6.45) is 8.45. The number of hydrogen-bond donors (Lipinski definition) is 1. The van der Waals surface area contributed by atoms with Crippen molar-refractivity contribution in [2.75, 3.05) is 13.7 Å². The molecule has 2 aliphatic carbocycles. The van der Waals surface area contributed by atoms with E-state index in [0.717, 1.165) is 51.4 Å². The highest BCUT2D eigenvalue weighted by Gasteiger charge is 2.48. The Morgan fingerprint density at radius 3 is 2.62 bits per heavy atom. The van der Waals surface area contributed by atoms with Gasteiger partial charge in [-0.1, -0.05) is 19.3 Å². The SMILES string of the molecule is COC1CCCC1N1CCC(=O)NC2(CCCCC2)C1=O. The first kappa shape index (κ1) is 14.8. The van der Waals surface area contributed by atoms with E-state index in [1.165, 1.54) is 0 Å². The lowest BCUT2D eigenvalue weighted by Crippen LogP contribution is -2.60. The van der Waals surface area contributed by atoms with Gasteiger partial charge in [-0.2, -0.15) is 0 Å². The van der Waals surface area contributed by atoms with Gasteiger partial charge in [0, 0.05) is 20.1 Å². The Morgan fingerprint density at radius 1 is 1.14 bits per heavy atom. The van der Waals surface area contributed by atoms with Crippen LogP contribution in [0.15, 0.2) is 0 Å². The largest absolute Gasteiger partial charge is 0.379 e. The van der Waals surface area contributed by atoms with Crippen molar-refractivity contribution in [2.24, 2.45) is 0 Å². The standard InChI is InChI=1S/C16H26N2O3/c1-21-13-7-5-6-12(13)18-11-8-14(19)17-16(15(18)20)9-3-2-4-10-16/h12-13H,2-11H2,1H3,(H,17,19). The van der Waals surface area contributed by atoms with Crippen LogP contribution in [-0.4, -0.2) is 48.1 Å². The van der Waals surface area contributed by atoms with E-state index in [1.54, 1.807) is 7.11 Å².